The first-order valence-corrected chi connectivity index (χ1v) is 10.3. The highest BCUT2D eigenvalue weighted by Crippen LogP contribution is 2.29. The van der Waals surface area contributed by atoms with Crippen LogP contribution in [0.5, 0.6) is 0 Å². The molecule has 2 heterocycles. The van der Waals surface area contributed by atoms with E-state index in [2.05, 4.69) is 34.2 Å². The third kappa shape index (κ3) is 3.79. The quantitative estimate of drug-likeness (QED) is 0.427. The summed E-state index contributed by atoms with van der Waals surface area (Å²) in [7, 11) is 1.98. The molecular formula is C20H17FN4S2. The fraction of sp³-hybridized carbons (Fsp3) is 0.150. The van der Waals surface area contributed by atoms with Crippen LogP contribution in [0.4, 0.5) is 4.39 Å². The maximum Gasteiger partial charge on any atom is 0.191 e. The molecule has 0 N–H and O–H groups in total. The van der Waals surface area contributed by atoms with Gasteiger partial charge in [0.25, 0.3) is 0 Å². The van der Waals surface area contributed by atoms with Crippen molar-refractivity contribution in [1.29, 1.82) is 0 Å². The summed E-state index contributed by atoms with van der Waals surface area (Å²) in [6.07, 6.45) is 0. The predicted molar refractivity (Wildman–Crippen MR) is 108 cm³/mol. The van der Waals surface area contributed by atoms with Gasteiger partial charge in [-0.3, -0.25) is 0 Å². The lowest BCUT2D eigenvalue weighted by atomic mass is 10.1. The molecular weight excluding hydrogens is 379 g/mol. The number of hydrogen-bond donors (Lipinski definition) is 0. The molecule has 4 rings (SSSR count). The summed E-state index contributed by atoms with van der Waals surface area (Å²) >= 11 is 3.17. The summed E-state index contributed by atoms with van der Waals surface area (Å²) in [4.78, 5) is 4.65. The minimum atomic E-state index is -0.238. The molecule has 4 aromatic rings. The molecule has 136 valence electrons. The van der Waals surface area contributed by atoms with Crippen LogP contribution in [-0.2, 0) is 12.8 Å². The number of aryl methyl sites for hydroxylation is 1. The topological polar surface area (TPSA) is 43.6 Å². The molecule has 2 aromatic heterocycles. The van der Waals surface area contributed by atoms with Crippen LogP contribution in [-0.4, -0.2) is 19.7 Å². The van der Waals surface area contributed by atoms with Gasteiger partial charge in [-0.25, -0.2) is 9.37 Å². The summed E-state index contributed by atoms with van der Waals surface area (Å²) in [5.74, 6) is 1.33. The van der Waals surface area contributed by atoms with E-state index in [1.54, 1.807) is 35.2 Å². The second-order valence-corrected chi connectivity index (χ2v) is 7.92. The van der Waals surface area contributed by atoms with Crippen molar-refractivity contribution in [2.45, 2.75) is 17.8 Å². The first kappa shape index (κ1) is 17.9. The molecule has 7 heteroatoms. The molecule has 0 atom stereocenters. The number of halogens is 1. The highest BCUT2D eigenvalue weighted by Gasteiger charge is 2.14. The molecule has 0 saturated carbocycles. The normalized spacial score (nSPS) is 11.1. The predicted octanol–water partition coefficient (Wildman–Crippen LogP) is 5.35. The number of thioether (sulfide) groups is 1. The van der Waals surface area contributed by atoms with E-state index in [1.807, 2.05) is 29.1 Å². The lowest BCUT2D eigenvalue weighted by molar-refractivity contribution is 0.628. The fourth-order valence-electron chi connectivity index (χ4n) is 2.74. The Hall–Kier alpha value is -2.51. The summed E-state index contributed by atoms with van der Waals surface area (Å²) < 4.78 is 15.1. The molecule has 0 fully saturated rings. The Morgan fingerprint density at radius 1 is 1.07 bits per heavy atom. The van der Waals surface area contributed by atoms with Gasteiger partial charge in [-0.1, -0.05) is 36.0 Å². The minimum absolute atomic E-state index is 0.238. The number of benzene rings is 2. The van der Waals surface area contributed by atoms with Gasteiger partial charge in [0.2, 0.25) is 0 Å². The van der Waals surface area contributed by atoms with Crippen molar-refractivity contribution >= 4 is 23.1 Å². The van der Waals surface area contributed by atoms with Crippen LogP contribution >= 0.6 is 23.1 Å². The highest BCUT2D eigenvalue weighted by molar-refractivity contribution is 7.98. The Kier molecular flexibility index (Phi) is 5.05. The van der Waals surface area contributed by atoms with Crippen LogP contribution in [0.2, 0.25) is 0 Å². The Balaban J connectivity index is 1.49. The molecule has 0 aliphatic heterocycles. The number of thiazole rings is 1. The van der Waals surface area contributed by atoms with Crippen molar-refractivity contribution < 1.29 is 4.39 Å². The van der Waals surface area contributed by atoms with E-state index >= 15 is 0 Å². The van der Waals surface area contributed by atoms with Gasteiger partial charge >= 0.3 is 0 Å². The van der Waals surface area contributed by atoms with Crippen LogP contribution in [0.1, 0.15) is 11.3 Å². The second kappa shape index (κ2) is 7.62. The zero-order chi connectivity index (χ0) is 18.8. The average Bonchev–Trinajstić information content (AvgIpc) is 3.28. The van der Waals surface area contributed by atoms with Crippen LogP contribution in [0, 0.1) is 12.7 Å². The molecule has 0 aliphatic carbocycles. The standard InChI is InChI=1S/C20H17FN4S2/c1-13-5-3-4-6-17(13)18-23-24-20(25(18)2)27-12-16-11-26-19(22-16)14-7-9-15(21)10-8-14/h3-11H,12H2,1-2H3. The van der Waals surface area contributed by atoms with E-state index in [9.17, 15) is 4.39 Å². The summed E-state index contributed by atoms with van der Waals surface area (Å²) in [5, 5.41) is 12.5. The van der Waals surface area contributed by atoms with E-state index in [0.717, 1.165) is 32.8 Å². The lowest BCUT2D eigenvalue weighted by Crippen LogP contribution is -1.96. The monoisotopic (exact) mass is 396 g/mol. The van der Waals surface area contributed by atoms with Crippen LogP contribution in [0.3, 0.4) is 0 Å². The van der Waals surface area contributed by atoms with Crippen molar-refractivity contribution in [2.24, 2.45) is 7.05 Å². The van der Waals surface area contributed by atoms with E-state index in [1.165, 1.54) is 17.7 Å². The lowest BCUT2D eigenvalue weighted by Gasteiger charge is -2.05. The van der Waals surface area contributed by atoms with E-state index < -0.39 is 0 Å². The Morgan fingerprint density at radius 2 is 1.85 bits per heavy atom. The zero-order valence-electron chi connectivity index (χ0n) is 14.9. The summed E-state index contributed by atoms with van der Waals surface area (Å²) in [6.45, 7) is 2.07. The molecule has 0 radical (unpaired) electrons. The molecule has 0 bridgehead atoms. The van der Waals surface area contributed by atoms with Gasteiger partial charge in [0.15, 0.2) is 11.0 Å². The van der Waals surface area contributed by atoms with E-state index in [4.69, 9.17) is 0 Å². The third-order valence-electron chi connectivity index (χ3n) is 4.21. The molecule has 4 nitrogen and oxygen atoms in total. The van der Waals surface area contributed by atoms with Gasteiger partial charge < -0.3 is 4.57 Å². The van der Waals surface area contributed by atoms with Gasteiger partial charge in [0.1, 0.15) is 10.8 Å². The van der Waals surface area contributed by atoms with Gasteiger partial charge in [-0.15, -0.1) is 21.5 Å². The molecule has 0 unspecified atom stereocenters. The molecule has 0 aliphatic rings. The SMILES string of the molecule is Cc1ccccc1-c1nnc(SCc2csc(-c3ccc(F)cc3)n2)n1C. The number of hydrogen-bond acceptors (Lipinski definition) is 5. The maximum atomic E-state index is 13.1. The third-order valence-corrected chi connectivity index (χ3v) is 6.21. The van der Waals surface area contributed by atoms with Crippen molar-refractivity contribution in [2.75, 3.05) is 0 Å². The number of aromatic nitrogens is 4. The van der Waals surface area contributed by atoms with Crippen LogP contribution in [0.15, 0.2) is 59.1 Å². The Labute approximate surface area is 165 Å². The first-order chi connectivity index (χ1) is 13.1. The highest BCUT2D eigenvalue weighted by atomic mass is 32.2. The summed E-state index contributed by atoms with van der Waals surface area (Å²) in [6, 6.07) is 14.6. The van der Waals surface area contributed by atoms with Crippen LogP contribution < -0.4 is 0 Å². The Morgan fingerprint density at radius 3 is 2.63 bits per heavy atom. The number of nitrogens with zero attached hydrogens (tertiary/aromatic N) is 4. The smallest absolute Gasteiger partial charge is 0.191 e. The van der Waals surface area contributed by atoms with Gasteiger partial charge in [0.05, 0.1) is 5.69 Å². The van der Waals surface area contributed by atoms with Crippen molar-refractivity contribution in [3.8, 4) is 22.0 Å². The van der Waals surface area contributed by atoms with Gasteiger partial charge in [-0.05, 0) is 36.8 Å². The largest absolute Gasteiger partial charge is 0.305 e. The van der Waals surface area contributed by atoms with Crippen molar-refractivity contribution in [3.05, 3.63) is 71.0 Å². The number of rotatable bonds is 5. The van der Waals surface area contributed by atoms with Crippen LogP contribution in [0.25, 0.3) is 22.0 Å². The van der Waals surface area contributed by atoms with Gasteiger partial charge in [0, 0.05) is 29.3 Å². The second-order valence-electron chi connectivity index (χ2n) is 6.12. The molecule has 0 spiro atoms. The fourth-order valence-corrected chi connectivity index (χ4v) is 4.47. The Bertz CT molecular complexity index is 1070. The molecule has 27 heavy (non-hydrogen) atoms. The zero-order valence-corrected chi connectivity index (χ0v) is 16.5. The molecule has 0 amide bonds. The minimum Gasteiger partial charge on any atom is -0.305 e. The average molecular weight is 397 g/mol. The molecule has 0 saturated heterocycles. The molecule has 2 aromatic carbocycles. The van der Waals surface area contributed by atoms with Crippen molar-refractivity contribution in [3.63, 3.8) is 0 Å². The summed E-state index contributed by atoms with van der Waals surface area (Å²) in [5.41, 5.74) is 4.17. The van der Waals surface area contributed by atoms with E-state index in [0.29, 0.717) is 5.75 Å². The maximum absolute atomic E-state index is 13.1. The van der Waals surface area contributed by atoms with E-state index in [-0.39, 0.29) is 5.82 Å². The van der Waals surface area contributed by atoms with Crippen molar-refractivity contribution in [1.82, 2.24) is 19.7 Å². The van der Waals surface area contributed by atoms with Gasteiger partial charge in [-0.2, -0.15) is 0 Å². The first-order valence-electron chi connectivity index (χ1n) is 8.40.